The summed E-state index contributed by atoms with van der Waals surface area (Å²) in [6, 6.07) is 8.19. The summed E-state index contributed by atoms with van der Waals surface area (Å²) in [6.45, 7) is 4.36. The Labute approximate surface area is 146 Å². The third-order valence-corrected chi connectivity index (χ3v) is 5.06. The van der Waals surface area contributed by atoms with Crippen LogP contribution in [0.15, 0.2) is 28.7 Å². The summed E-state index contributed by atoms with van der Waals surface area (Å²) >= 11 is 11.9. The zero-order valence-corrected chi connectivity index (χ0v) is 15.8. The largest absolute Gasteiger partial charge is 0.236 e. The maximum atomic E-state index is 6.23. The lowest BCUT2D eigenvalue weighted by Gasteiger charge is -2.10. The molecule has 2 nitrogen and oxygen atoms in total. The molecule has 0 aliphatic carbocycles. The Balaban J connectivity index is 2.27. The number of rotatable bonds is 4. The van der Waals surface area contributed by atoms with Crippen LogP contribution in [0.2, 0.25) is 5.15 Å². The molecule has 0 fully saturated rings. The molecule has 0 saturated carbocycles. The molecule has 1 aromatic heterocycles. The maximum absolute atomic E-state index is 6.23. The van der Waals surface area contributed by atoms with Crippen molar-refractivity contribution in [2.24, 2.45) is 5.92 Å². The standard InChI is InChI=1S/C15H15BrClIN2/c1-9(2)7-12-14(18)15(17)20-13(19-12)8-10-3-5-11(16)6-4-10/h3-6,9H,7-8H2,1-2H3. The molecule has 1 aromatic carbocycles. The Morgan fingerprint density at radius 2 is 1.85 bits per heavy atom. The lowest BCUT2D eigenvalue weighted by Crippen LogP contribution is -2.07. The van der Waals surface area contributed by atoms with Crippen LogP contribution >= 0.6 is 50.1 Å². The lowest BCUT2D eigenvalue weighted by atomic mass is 10.1. The van der Waals surface area contributed by atoms with Gasteiger partial charge in [-0.3, -0.25) is 0 Å². The molecule has 0 spiro atoms. The van der Waals surface area contributed by atoms with Gasteiger partial charge < -0.3 is 0 Å². The molecule has 106 valence electrons. The van der Waals surface area contributed by atoms with Crippen LogP contribution in [0.5, 0.6) is 0 Å². The molecule has 0 amide bonds. The van der Waals surface area contributed by atoms with E-state index < -0.39 is 0 Å². The predicted octanol–water partition coefficient (Wildman–Crippen LogP) is 5.29. The number of aromatic nitrogens is 2. The van der Waals surface area contributed by atoms with E-state index in [0.717, 1.165) is 26.0 Å². The predicted molar refractivity (Wildman–Crippen MR) is 95.2 cm³/mol. The van der Waals surface area contributed by atoms with Crippen LogP contribution in [0.25, 0.3) is 0 Å². The van der Waals surface area contributed by atoms with Crippen molar-refractivity contribution in [1.82, 2.24) is 9.97 Å². The van der Waals surface area contributed by atoms with Crippen molar-refractivity contribution in [2.45, 2.75) is 26.7 Å². The first kappa shape index (κ1) is 16.2. The van der Waals surface area contributed by atoms with Crippen molar-refractivity contribution in [3.05, 3.63) is 54.5 Å². The summed E-state index contributed by atoms with van der Waals surface area (Å²) < 4.78 is 2.04. The van der Waals surface area contributed by atoms with E-state index in [2.05, 4.69) is 74.5 Å². The normalized spacial score (nSPS) is 11.1. The van der Waals surface area contributed by atoms with E-state index in [4.69, 9.17) is 11.6 Å². The first-order valence-corrected chi connectivity index (χ1v) is 8.66. The summed E-state index contributed by atoms with van der Waals surface area (Å²) in [5.41, 5.74) is 2.23. The van der Waals surface area contributed by atoms with Gasteiger partial charge in [0.05, 0.1) is 9.26 Å². The Morgan fingerprint density at radius 1 is 1.20 bits per heavy atom. The molecular formula is C15H15BrClIN2. The van der Waals surface area contributed by atoms with Crippen molar-refractivity contribution in [2.75, 3.05) is 0 Å². The van der Waals surface area contributed by atoms with Crippen molar-refractivity contribution >= 4 is 50.1 Å². The molecular weight excluding hydrogens is 450 g/mol. The third kappa shape index (κ3) is 4.40. The van der Waals surface area contributed by atoms with Gasteiger partial charge in [-0.1, -0.05) is 53.5 Å². The summed E-state index contributed by atoms with van der Waals surface area (Å²) in [5.74, 6) is 1.34. The summed E-state index contributed by atoms with van der Waals surface area (Å²) in [6.07, 6.45) is 1.63. The molecule has 2 aromatic rings. The molecule has 0 unspecified atom stereocenters. The van der Waals surface area contributed by atoms with Crippen LogP contribution < -0.4 is 0 Å². The van der Waals surface area contributed by atoms with Gasteiger partial charge in [0.2, 0.25) is 0 Å². The number of hydrogen-bond acceptors (Lipinski definition) is 2. The molecule has 5 heteroatoms. The van der Waals surface area contributed by atoms with Crippen LogP contribution in [0.3, 0.4) is 0 Å². The smallest absolute Gasteiger partial charge is 0.146 e. The zero-order chi connectivity index (χ0) is 14.7. The van der Waals surface area contributed by atoms with Gasteiger partial charge >= 0.3 is 0 Å². The molecule has 0 bridgehead atoms. The molecule has 20 heavy (non-hydrogen) atoms. The average molecular weight is 466 g/mol. The van der Waals surface area contributed by atoms with Gasteiger partial charge in [-0.15, -0.1) is 0 Å². The Kier molecular flexibility index (Phi) is 5.81. The van der Waals surface area contributed by atoms with Crippen molar-refractivity contribution in [3.63, 3.8) is 0 Å². The second-order valence-corrected chi connectivity index (χ2v) is 7.44. The Morgan fingerprint density at radius 3 is 2.45 bits per heavy atom. The topological polar surface area (TPSA) is 25.8 Å². The van der Waals surface area contributed by atoms with Gasteiger partial charge in [0.15, 0.2) is 0 Å². The van der Waals surface area contributed by atoms with Crippen molar-refractivity contribution in [1.29, 1.82) is 0 Å². The molecule has 0 aliphatic heterocycles. The SMILES string of the molecule is CC(C)Cc1nc(Cc2ccc(Br)cc2)nc(Cl)c1I. The second-order valence-electron chi connectivity index (χ2n) is 5.09. The fourth-order valence-electron chi connectivity index (χ4n) is 1.90. The number of benzene rings is 1. The van der Waals surface area contributed by atoms with Crippen LogP contribution in [-0.2, 0) is 12.8 Å². The minimum Gasteiger partial charge on any atom is -0.236 e. The Hall–Kier alpha value is -0.200. The highest BCUT2D eigenvalue weighted by atomic mass is 127. The highest BCUT2D eigenvalue weighted by Crippen LogP contribution is 2.22. The molecule has 0 radical (unpaired) electrons. The molecule has 1 heterocycles. The molecule has 0 N–H and O–H groups in total. The van der Waals surface area contributed by atoms with E-state index in [-0.39, 0.29) is 0 Å². The number of nitrogens with zero attached hydrogens (tertiary/aromatic N) is 2. The summed E-state index contributed by atoms with van der Waals surface area (Å²) in [4.78, 5) is 9.07. The number of halogens is 3. The van der Waals surface area contributed by atoms with Gasteiger partial charge in [0.25, 0.3) is 0 Å². The first-order chi connectivity index (χ1) is 9.45. The zero-order valence-electron chi connectivity index (χ0n) is 11.3. The maximum Gasteiger partial charge on any atom is 0.146 e. The van der Waals surface area contributed by atoms with Crippen LogP contribution in [0.1, 0.15) is 30.9 Å². The van der Waals surface area contributed by atoms with E-state index in [9.17, 15) is 0 Å². The van der Waals surface area contributed by atoms with Crippen molar-refractivity contribution < 1.29 is 0 Å². The first-order valence-electron chi connectivity index (χ1n) is 6.41. The van der Waals surface area contributed by atoms with Gasteiger partial charge in [-0.25, -0.2) is 9.97 Å². The van der Waals surface area contributed by atoms with Crippen LogP contribution in [0, 0.1) is 9.49 Å². The van der Waals surface area contributed by atoms with Gasteiger partial charge in [-0.2, -0.15) is 0 Å². The molecule has 0 aliphatic rings. The van der Waals surface area contributed by atoms with E-state index in [1.54, 1.807) is 0 Å². The minimum absolute atomic E-state index is 0.551. The monoisotopic (exact) mass is 464 g/mol. The van der Waals surface area contributed by atoms with Crippen LogP contribution in [0.4, 0.5) is 0 Å². The highest BCUT2D eigenvalue weighted by molar-refractivity contribution is 14.1. The lowest BCUT2D eigenvalue weighted by molar-refractivity contribution is 0.628. The minimum atomic E-state index is 0.551. The Bertz CT molecular complexity index is 600. The van der Waals surface area contributed by atoms with E-state index in [1.165, 1.54) is 5.56 Å². The summed E-state index contributed by atoms with van der Waals surface area (Å²) in [5, 5.41) is 0.559. The quantitative estimate of drug-likeness (QED) is 0.453. The van der Waals surface area contributed by atoms with Crippen molar-refractivity contribution in [3.8, 4) is 0 Å². The van der Waals surface area contributed by atoms with E-state index in [0.29, 0.717) is 17.5 Å². The van der Waals surface area contributed by atoms with E-state index >= 15 is 0 Å². The number of hydrogen-bond donors (Lipinski definition) is 0. The second kappa shape index (κ2) is 7.18. The fourth-order valence-corrected chi connectivity index (χ4v) is 2.83. The van der Waals surface area contributed by atoms with Gasteiger partial charge in [-0.05, 0) is 52.6 Å². The summed E-state index contributed by atoms with van der Waals surface area (Å²) in [7, 11) is 0. The highest BCUT2D eigenvalue weighted by Gasteiger charge is 2.12. The molecule has 0 saturated heterocycles. The van der Waals surface area contributed by atoms with Crippen LogP contribution in [-0.4, -0.2) is 9.97 Å². The molecule has 2 rings (SSSR count). The fraction of sp³-hybridized carbons (Fsp3) is 0.333. The average Bonchev–Trinajstić information content (AvgIpc) is 2.37. The molecule has 0 atom stereocenters. The van der Waals surface area contributed by atoms with E-state index in [1.807, 2.05) is 12.1 Å². The van der Waals surface area contributed by atoms with Gasteiger partial charge in [0, 0.05) is 10.9 Å². The third-order valence-electron chi connectivity index (χ3n) is 2.80. The van der Waals surface area contributed by atoms with Gasteiger partial charge in [0.1, 0.15) is 11.0 Å².